The molecule has 0 bridgehead atoms. The van der Waals surface area contributed by atoms with Crippen LogP contribution in [0.2, 0.25) is 0 Å². The Labute approximate surface area is 69.0 Å². The first-order chi connectivity index (χ1) is 5.83. The van der Waals surface area contributed by atoms with E-state index < -0.39 is 0 Å². The molecule has 1 aromatic carbocycles. The van der Waals surface area contributed by atoms with Gasteiger partial charge in [-0.1, -0.05) is 0 Å². The molecule has 1 aliphatic heterocycles. The van der Waals surface area contributed by atoms with Crippen molar-refractivity contribution in [1.29, 1.82) is 0 Å². The Bertz CT molecular complexity index is 308. The van der Waals surface area contributed by atoms with Crippen molar-refractivity contribution in [3.63, 3.8) is 0 Å². The number of benzene rings is 1. The number of phenols is 1. The van der Waals surface area contributed by atoms with E-state index in [4.69, 9.17) is 14.6 Å². The first kappa shape index (κ1) is 7.24. The summed E-state index contributed by atoms with van der Waals surface area (Å²) in [6.45, 7) is -0.0831. The Kier molecular flexibility index (Phi) is 1.55. The van der Waals surface area contributed by atoms with Crippen LogP contribution in [-0.2, 0) is 6.61 Å². The van der Waals surface area contributed by atoms with Gasteiger partial charge < -0.3 is 19.7 Å². The number of ether oxygens (including phenoxy) is 2. The highest BCUT2D eigenvalue weighted by atomic mass is 16.7. The Morgan fingerprint density at radius 2 is 2.17 bits per heavy atom. The maximum atomic E-state index is 9.44. The first-order valence-electron chi connectivity index (χ1n) is 3.54. The van der Waals surface area contributed by atoms with Crippen LogP contribution in [0, 0.1) is 0 Å². The van der Waals surface area contributed by atoms with E-state index in [1.165, 1.54) is 0 Å². The molecule has 0 spiro atoms. The summed E-state index contributed by atoms with van der Waals surface area (Å²) in [5.41, 5.74) is 0.444. The van der Waals surface area contributed by atoms with Gasteiger partial charge in [0.05, 0.1) is 6.61 Å². The molecule has 2 rings (SSSR count). The number of rotatable bonds is 1. The molecule has 12 heavy (non-hydrogen) atoms. The minimum absolute atomic E-state index is 0.0347. The van der Waals surface area contributed by atoms with E-state index in [-0.39, 0.29) is 19.1 Å². The van der Waals surface area contributed by atoms with Crippen LogP contribution >= 0.6 is 0 Å². The van der Waals surface area contributed by atoms with Crippen molar-refractivity contribution in [3.05, 3.63) is 17.7 Å². The molecule has 0 radical (unpaired) electrons. The Morgan fingerprint density at radius 1 is 1.33 bits per heavy atom. The van der Waals surface area contributed by atoms with Crippen LogP contribution in [0.25, 0.3) is 0 Å². The number of aliphatic hydroxyl groups excluding tert-OH is 1. The van der Waals surface area contributed by atoms with E-state index in [0.717, 1.165) is 0 Å². The highest BCUT2D eigenvalue weighted by Crippen LogP contribution is 2.42. The van der Waals surface area contributed by atoms with Gasteiger partial charge in [0, 0.05) is 5.56 Å². The molecule has 0 fully saturated rings. The number of aromatic hydroxyl groups is 1. The zero-order valence-corrected chi connectivity index (χ0v) is 6.28. The summed E-state index contributed by atoms with van der Waals surface area (Å²) in [4.78, 5) is 0. The quantitative estimate of drug-likeness (QED) is 0.645. The minimum atomic E-state index is -0.206. The Hall–Kier alpha value is -1.42. The topological polar surface area (TPSA) is 58.9 Å². The summed E-state index contributed by atoms with van der Waals surface area (Å²) in [6.07, 6.45) is 0. The normalized spacial score (nSPS) is 13.4. The van der Waals surface area contributed by atoms with Crippen LogP contribution < -0.4 is 9.47 Å². The van der Waals surface area contributed by atoms with Crippen molar-refractivity contribution >= 4 is 0 Å². The smallest absolute Gasteiger partial charge is 0.231 e. The Morgan fingerprint density at radius 3 is 2.92 bits per heavy atom. The van der Waals surface area contributed by atoms with Gasteiger partial charge >= 0.3 is 0 Å². The number of hydrogen-bond acceptors (Lipinski definition) is 4. The summed E-state index contributed by atoms with van der Waals surface area (Å²) < 4.78 is 10.0. The van der Waals surface area contributed by atoms with E-state index in [9.17, 15) is 5.11 Å². The molecule has 1 aromatic rings. The molecule has 0 aliphatic carbocycles. The number of hydrogen-bond donors (Lipinski definition) is 2. The third kappa shape index (κ3) is 0.887. The second-order valence-electron chi connectivity index (χ2n) is 2.47. The van der Waals surface area contributed by atoms with Crippen LogP contribution in [0.5, 0.6) is 17.2 Å². The number of fused-ring (bicyclic) bond motifs is 1. The fourth-order valence-electron chi connectivity index (χ4n) is 1.13. The maximum absolute atomic E-state index is 9.44. The molecule has 0 saturated carbocycles. The predicted octanol–water partition coefficient (Wildman–Crippen LogP) is 0.613. The molecule has 0 atom stereocenters. The van der Waals surface area contributed by atoms with Crippen molar-refractivity contribution in [3.8, 4) is 17.2 Å². The van der Waals surface area contributed by atoms with Crippen LogP contribution in [0.1, 0.15) is 5.56 Å². The lowest BCUT2D eigenvalue weighted by Crippen LogP contribution is -1.93. The summed E-state index contributed by atoms with van der Waals surface area (Å²) in [5.74, 6) is 0.804. The van der Waals surface area contributed by atoms with Gasteiger partial charge in [-0.3, -0.25) is 0 Å². The number of aliphatic hydroxyl groups is 1. The fraction of sp³-hybridized carbons (Fsp3) is 0.250. The molecule has 0 amide bonds. The van der Waals surface area contributed by atoms with E-state index >= 15 is 0 Å². The molecule has 4 heteroatoms. The fourth-order valence-corrected chi connectivity index (χ4v) is 1.13. The van der Waals surface area contributed by atoms with Crippen molar-refractivity contribution in [2.24, 2.45) is 0 Å². The van der Waals surface area contributed by atoms with Crippen molar-refractivity contribution < 1.29 is 19.7 Å². The zero-order chi connectivity index (χ0) is 8.55. The standard InChI is InChI=1S/C8H8O4/c9-3-5-1-2-6-8(7(5)10)12-4-11-6/h1-2,9-10H,3-4H2. The van der Waals surface area contributed by atoms with E-state index in [2.05, 4.69) is 0 Å². The van der Waals surface area contributed by atoms with Crippen LogP contribution in [0.15, 0.2) is 12.1 Å². The maximum Gasteiger partial charge on any atom is 0.231 e. The molecule has 0 aromatic heterocycles. The molecule has 1 aliphatic rings. The molecular formula is C8H8O4. The van der Waals surface area contributed by atoms with Gasteiger partial charge in [0.2, 0.25) is 12.5 Å². The summed E-state index contributed by atoms with van der Waals surface area (Å²) >= 11 is 0. The minimum Gasteiger partial charge on any atom is -0.504 e. The van der Waals surface area contributed by atoms with Crippen LogP contribution in [0.3, 0.4) is 0 Å². The average Bonchev–Trinajstić information content (AvgIpc) is 2.53. The third-order valence-electron chi connectivity index (χ3n) is 1.77. The van der Waals surface area contributed by atoms with Crippen molar-refractivity contribution in [1.82, 2.24) is 0 Å². The monoisotopic (exact) mass is 168 g/mol. The van der Waals surface area contributed by atoms with Gasteiger partial charge in [-0.2, -0.15) is 0 Å². The molecule has 2 N–H and O–H groups in total. The summed E-state index contributed by atoms with van der Waals surface area (Å²) in [7, 11) is 0. The van der Waals surface area contributed by atoms with Gasteiger partial charge in [-0.05, 0) is 12.1 Å². The second kappa shape index (κ2) is 2.57. The molecule has 0 saturated heterocycles. The van der Waals surface area contributed by atoms with E-state index in [1.807, 2.05) is 0 Å². The lowest BCUT2D eigenvalue weighted by molar-refractivity contribution is 0.171. The predicted molar refractivity (Wildman–Crippen MR) is 40.2 cm³/mol. The van der Waals surface area contributed by atoms with E-state index in [1.54, 1.807) is 12.1 Å². The molecule has 4 nitrogen and oxygen atoms in total. The Balaban J connectivity index is 2.54. The van der Waals surface area contributed by atoms with Gasteiger partial charge in [-0.25, -0.2) is 0 Å². The first-order valence-corrected chi connectivity index (χ1v) is 3.54. The zero-order valence-electron chi connectivity index (χ0n) is 6.28. The van der Waals surface area contributed by atoms with Crippen molar-refractivity contribution in [2.45, 2.75) is 6.61 Å². The molecular weight excluding hydrogens is 160 g/mol. The van der Waals surface area contributed by atoms with Gasteiger partial charge in [0.25, 0.3) is 0 Å². The van der Waals surface area contributed by atoms with Gasteiger partial charge in [0.15, 0.2) is 11.5 Å². The molecule has 1 heterocycles. The highest BCUT2D eigenvalue weighted by molar-refractivity contribution is 5.55. The SMILES string of the molecule is OCc1ccc2c(c1O)OCO2. The van der Waals surface area contributed by atoms with Crippen molar-refractivity contribution in [2.75, 3.05) is 6.79 Å². The average molecular weight is 168 g/mol. The largest absolute Gasteiger partial charge is 0.504 e. The molecule has 64 valence electrons. The third-order valence-corrected chi connectivity index (χ3v) is 1.77. The lowest BCUT2D eigenvalue weighted by Gasteiger charge is -2.03. The van der Waals surface area contributed by atoms with Crippen LogP contribution in [-0.4, -0.2) is 17.0 Å². The van der Waals surface area contributed by atoms with Gasteiger partial charge in [0.1, 0.15) is 0 Å². The lowest BCUT2D eigenvalue weighted by atomic mass is 10.2. The second-order valence-corrected chi connectivity index (χ2v) is 2.47. The molecule has 0 unspecified atom stereocenters. The summed E-state index contributed by atoms with van der Waals surface area (Å²) in [6, 6.07) is 3.26. The van der Waals surface area contributed by atoms with Crippen LogP contribution in [0.4, 0.5) is 0 Å². The van der Waals surface area contributed by atoms with Gasteiger partial charge in [-0.15, -0.1) is 0 Å². The summed E-state index contributed by atoms with van der Waals surface area (Å²) in [5, 5.41) is 18.2. The van der Waals surface area contributed by atoms with E-state index in [0.29, 0.717) is 17.1 Å². The highest BCUT2D eigenvalue weighted by Gasteiger charge is 2.19.